The fraction of sp³-hybridized carbons (Fsp3) is 0.214. The molecule has 0 unspecified atom stereocenters. The van der Waals surface area contributed by atoms with Crippen LogP contribution in [0.1, 0.15) is 28.1 Å². The summed E-state index contributed by atoms with van der Waals surface area (Å²) in [5, 5.41) is 15.0. The number of rotatable bonds is 3. The van der Waals surface area contributed by atoms with Crippen molar-refractivity contribution in [1.82, 2.24) is 10.1 Å². The van der Waals surface area contributed by atoms with E-state index in [-0.39, 0.29) is 12.5 Å². The lowest BCUT2D eigenvalue weighted by Gasteiger charge is -2.03. The minimum atomic E-state index is -0.339. The van der Waals surface area contributed by atoms with Crippen molar-refractivity contribution in [3.8, 4) is 11.8 Å². The molecule has 2 N–H and O–H groups in total. The zero-order valence-corrected chi connectivity index (χ0v) is 10.9. The first-order valence-electron chi connectivity index (χ1n) is 5.99. The summed E-state index contributed by atoms with van der Waals surface area (Å²) in [6.45, 7) is 1.72. The highest BCUT2D eigenvalue weighted by Gasteiger charge is 2.12. The number of carbonyl (C=O) groups is 1. The molecule has 2 aromatic heterocycles. The summed E-state index contributed by atoms with van der Waals surface area (Å²) in [6, 6.07) is 3.20. The molecule has 0 bridgehead atoms. The fourth-order valence-corrected chi connectivity index (χ4v) is 1.51. The molecule has 0 radical (unpaired) electrons. The summed E-state index contributed by atoms with van der Waals surface area (Å²) >= 11 is 0. The topological polar surface area (TPSA) is 88.2 Å². The van der Waals surface area contributed by atoms with Crippen LogP contribution in [0.3, 0.4) is 0 Å². The second-order valence-electron chi connectivity index (χ2n) is 3.97. The summed E-state index contributed by atoms with van der Waals surface area (Å²) in [4.78, 5) is 16.1. The maximum atomic E-state index is 12.1. The van der Waals surface area contributed by atoms with Gasteiger partial charge in [-0.25, -0.2) is 0 Å². The lowest BCUT2D eigenvalue weighted by Crippen LogP contribution is -2.13. The molecule has 0 atom stereocenters. The number of nitrogens with zero attached hydrogens (tertiary/aromatic N) is 2. The van der Waals surface area contributed by atoms with Gasteiger partial charge in [0, 0.05) is 24.9 Å². The first kappa shape index (κ1) is 13.8. The molecule has 0 spiro atoms. The molecule has 0 saturated heterocycles. The summed E-state index contributed by atoms with van der Waals surface area (Å²) in [5.74, 6) is 6.19. The van der Waals surface area contributed by atoms with E-state index in [4.69, 9.17) is 9.63 Å². The average molecular weight is 271 g/mol. The molecule has 102 valence electrons. The van der Waals surface area contributed by atoms with Crippen LogP contribution < -0.4 is 5.32 Å². The van der Waals surface area contributed by atoms with Gasteiger partial charge in [-0.2, -0.15) is 0 Å². The second-order valence-corrected chi connectivity index (χ2v) is 3.97. The molecule has 0 saturated carbocycles. The van der Waals surface area contributed by atoms with Crippen LogP contribution in [-0.2, 0) is 0 Å². The maximum Gasteiger partial charge on any atom is 0.258 e. The molecule has 2 aromatic rings. The number of pyridine rings is 1. The number of aliphatic hydroxyl groups is 1. The molecule has 0 aliphatic rings. The minimum absolute atomic E-state index is 0.0208. The number of carbonyl (C=O) groups excluding carboxylic acids is 1. The zero-order chi connectivity index (χ0) is 14.4. The third kappa shape index (κ3) is 3.43. The minimum Gasteiger partial charge on any atom is -0.395 e. The molecule has 0 aromatic carbocycles. The van der Waals surface area contributed by atoms with Gasteiger partial charge in [-0.05, 0) is 13.0 Å². The molecule has 2 rings (SSSR count). The van der Waals surface area contributed by atoms with Gasteiger partial charge in [-0.3, -0.25) is 9.78 Å². The van der Waals surface area contributed by atoms with E-state index in [0.29, 0.717) is 29.1 Å². The van der Waals surface area contributed by atoms with Crippen LogP contribution in [0.25, 0.3) is 0 Å². The smallest absolute Gasteiger partial charge is 0.258 e. The van der Waals surface area contributed by atoms with Crippen LogP contribution in [0.5, 0.6) is 0 Å². The molecular formula is C14H13N3O3. The Balaban J connectivity index is 2.19. The van der Waals surface area contributed by atoms with E-state index in [1.54, 1.807) is 19.1 Å². The van der Waals surface area contributed by atoms with Gasteiger partial charge < -0.3 is 14.9 Å². The molecule has 6 nitrogen and oxygen atoms in total. The Hall–Kier alpha value is -2.65. The van der Waals surface area contributed by atoms with Gasteiger partial charge in [0.2, 0.25) is 0 Å². The first-order chi connectivity index (χ1) is 9.70. The Morgan fingerprint density at radius 3 is 3.10 bits per heavy atom. The number of anilines is 1. The van der Waals surface area contributed by atoms with Crippen LogP contribution in [-0.4, -0.2) is 27.8 Å². The number of aryl methyl sites for hydroxylation is 1. The van der Waals surface area contributed by atoms with E-state index in [9.17, 15) is 4.79 Å². The Morgan fingerprint density at radius 2 is 2.40 bits per heavy atom. The van der Waals surface area contributed by atoms with Crippen molar-refractivity contribution >= 4 is 11.7 Å². The number of hydrogen-bond donors (Lipinski definition) is 2. The number of nitrogens with one attached hydrogen (secondary N) is 1. The Labute approximate surface area is 115 Å². The van der Waals surface area contributed by atoms with Crippen LogP contribution >= 0.6 is 0 Å². The Kier molecular flexibility index (Phi) is 4.47. The van der Waals surface area contributed by atoms with Crippen molar-refractivity contribution in [3.05, 3.63) is 41.4 Å². The molecule has 6 heteroatoms. The predicted molar refractivity (Wildman–Crippen MR) is 72.0 cm³/mol. The van der Waals surface area contributed by atoms with Gasteiger partial charge in [0.15, 0.2) is 5.82 Å². The summed E-state index contributed by atoms with van der Waals surface area (Å²) in [7, 11) is 0. The summed E-state index contributed by atoms with van der Waals surface area (Å²) in [5.41, 5.74) is 0.893. The third-order valence-electron chi connectivity index (χ3n) is 2.40. The fourth-order valence-electron chi connectivity index (χ4n) is 1.51. The van der Waals surface area contributed by atoms with Gasteiger partial charge in [0.1, 0.15) is 5.76 Å². The lowest BCUT2D eigenvalue weighted by atomic mass is 10.1. The Bertz CT molecular complexity index is 668. The SMILES string of the molecule is Cc1cc(NC(=O)c2ccncc2C#CCCO)no1. The number of hydrogen-bond acceptors (Lipinski definition) is 5. The number of amides is 1. The molecule has 2 heterocycles. The van der Waals surface area contributed by atoms with Crippen LogP contribution in [0.2, 0.25) is 0 Å². The van der Waals surface area contributed by atoms with Crippen molar-refractivity contribution in [2.24, 2.45) is 0 Å². The second kappa shape index (κ2) is 6.50. The van der Waals surface area contributed by atoms with Crippen LogP contribution in [0.4, 0.5) is 5.82 Å². The zero-order valence-electron chi connectivity index (χ0n) is 10.9. The molecule has 0 fully saturated rings. The van der Waals surface area contributed by atoms with Gasteiger partial charge in [-0.1, -0.05) is 17.0 Å². The highest BCUT2D eigenvalue weighted by Crippen LogP contribution is 2.11. The van der Waals surface area contributed by atoms with E-state index in [0.717, 1.165) is 0 Å². The number of aliphatic hydroxyl groups excluding tert-OH is 1. The summed E-state index contributed by atoms with van der Waals surface area (Å²) in [6.07, 6.45) is 3.37. The van der Waals surface area contributed by atoms with Crippen LogP contribution in [0.15, 0.2) is 29.0 Å². The van der Waals surface area contributed by atoms with Gasteiger partial charge in [0.05, 0.1) is 17.7 Å². The highest BCUT2D eigenvalue weighted by molar-refractivity contribution is 6.05. The van der Waals surface area contributed by atoms with Crippen LogP contribution in [0, 0.1) is 18.8 Å². The van der Waals surface area contributed by atoms with Crippen molar-refractivity contribution in [2.45, 2.75) is 13.3 Å². The third-order valence-corrected chi connectivity index (χ3v) is 2.40. The van der Waals surface area contributed by atoms with E-state index < -0.39 is 0 Å². The Morgan fingerprint density at radius 1 is 1.55 bits per heavy atom. The van der Waals surface area contributed by atoms with Crippen molar-refractivity contribution in [1.29, 1.82) is 0 Å². The monoisotopic (exact) mass is 271 g/mol. The predicted octanol–water partition coefficient (Wildman–Crippen LogP) is 1.36. The van der Waals surface area contributed by atoms with Crippen molar-refractivity contribution in [3.63, 3.8) is 0 Å². The standard InChI is InChI=1S/C14H13N3O3/c1-10-8-13(17-20-10)16-14(19)12-5-6-15-9-11(12)4-2-3-7-18/h5-6,8-9,18H,3,7H2,1H3,(H,16,17,19). The largest absolute Gasteiger partial charge is 0.395 e. The highest BCUT2D eigenvalue weighted by atomic mass is 16.5. The van der Waals surface area contributed by atoms with E-state index in [1.807, 2.05) is 0 Å². The van der Waals surface area contributed by atoms with E-state index in [1.165, 1.54) is 12.4 Å². The van der Waals surface area contributed by atoms with E-state index >= 15 is 0 Å². The summed E-state index contributed by atoms with van der Waals surface area (Å²) < 4.78 is 4.88. The maximum absolute atomic E-state index is 12.1. The van der Waals surface area contributed by atoms with Crippen molar-refractivity contribution < 1.29 is 14.4 Å². The van der Waals surface area contributed by atoms with E-state index in [2.05, 4.69) is 27.3 Å². The van der Waals surface area contributed by atoms with Gasteiger partial charge in [-0.15, -0.1) is 0 Å². The molecule has 0 aliphatic heterocycles. The molecule has 0 aliphatic carbocycles. The van der Waals surface area contributed by atoms with Crippen molar-refractivity contribution in [2.75, 3.05) is 11.9 Å². The first-order valence-corrected chi connectivity index (χ1v) is 5.99. The normalized spacial score (nSPS) is 9.70. The molecule has 20 heavy (non-hydrogen) atoms. The molecular weight excluding hydrogens is 258 g/mol. The quantitative estimate of drug-likeness (QED) is 0.823. The lowest BCUT2D eigenvalue weighted by molar-refractivity contribution is 0.102. The average Bonchev–Trinajstić information content (AvgIpc) is 2.85. The number of aromatic nitrogens is 2. The van der Waals surface area contributed by atoms with Gasteiger partial charge >= 0.3 is 0 Å². The molecule has 1 amide bonds. The van der Waals surface area contributed by atoms with Gasteiger partial charge in [0.25, 0.3) is 5.91 Å².